The molecule has 0 radical (unpaired) electrons. The van der Waals surface area contributed by atoms with Gasteiger partial charge in [0, 0.05) is 30.3 Å². The molecule has 4 heterocycles. The minimum Gasteiger partial charge on any atom is -0.475 e. The number of hydrogen-bond acceptors (Lipinski definition) is 9. The molecule has 1 amide bonds. The van der Waals surface area contributed by atoms with Crippen LogP contribution in [0.2, 0.25) is 0 Å². The smallest absolute Gasteiger partial charge is 0.264 e. The quantitative estimate of drug-likeness (QED) is 0.244. The molecule has 1 atom stereocenters. The summed E-state index contributed by atoms with van der Waals surface area (Å²) in [5, 5.41) is 0. The molecule has 2 aromatic heterocycles. The number of sulfonamides is 1. The molecule has 1 fully saturated rings. The number of piperidine rings is 1. The molecule has 4 aromatic rings. The summed E-state index contributed by atoms with van der Waals surface area (Å²) in [6, 6.07) is 13.3. The van der Waals surface area contributed by atoms with Crippen molar-refractivity contribution < 1.29 is 17.9 Å². The van der Waals surface area contributed by atoms with Crippen molar-refractivity contribution in [2.24, 2.45) is 11.3 Å². The molecule has 2 aliphatic rings. The van der Waals surface area contributed by atoms with Crippen LogP contribution in [0.1, 0.15) is 74.3 Å². The number of carbonyl (C=O) groups is 1. The van der Waals surface area contributed by atoms with Gasteiger partial charge in [-0.05, 0) is 73.8 Å². The van der Waals surface area contributed by atoms with Crippen molar-refractivity contribution in [2.45, 2.75) is 78.3 Å². The fraction of sp³-hybridized carbons (Fsp3) is 0.432. The molecule has 258 valence electrons. The van der Waals surface area contributed by atoms with E-state index in [1.165, 1.54) is 12.1 Å². The SMILES string of the molecule is Cc1cccc(C)c1-c1cc2nc(n1)NS(=O)(=O)c1cccc(c1)C(=O)N(Cc1ncc(N3CCC(C)(C)CC3)cn1)[C@H](CC(C)C)CO2. The highest BCUT2D eigenvalue weighted by Gasteiger charge is 2.30. The predicted molar refractivity (Wildman–Crippen MR) is 190 cm³/mol. The molecule has 49 heavy (non-hydrogen) atoms. The van der Waals surface area contributed by atoms with Crippen LogP contribution in [0.15, 0.2) is 65.8 Å². The van der Waals surface area contributed by atoms with Crippen LogP contribution in [0.25, 0.3) is 11.3 Å². The van der Waals surface area contributed by atoms with Gasteiger partial charge in [-0.1, -0.05) is 52.0 Å². The van der Waals surface area contributed by atoms with Gasteiger partial charge in [-0.2, -0.15) is 4.98 Å². The van der Waals surface area contributed by atoms with Crippen molar-refractivity contribution in [3.05, 3.63) is 83.4 Å². The number of ether oxygens (including phenoxy) is 1. The van der Waals surface area contributed by atoms with E-state index < -0.39 is 16.1 Å². The van der Waals surface area contributed by atoms with E-state index in [0.29, 0.717) is 23.4 Å². The Hall–Kier alpha value is -4.58. The Balaban J connectivity index is 1.39. The fourth-order valence-corrected chi connectivity index (χ4v) is 7.51. The molecule has 2 aliphatic heterocycles. The Labute approximate surface area is 289 Å². The maximum Gasteiger partial charge on any atom is 0.264 e. The van der Waals surface area contributed by atoms with Crippen LogP contribution in [-0.4, -0.2) is 64.9 Å². The van der Waals surface area contributed by atoms with Gasteiger partial charge in [-0.3, -0.25) is 4.79 Å². The maximum absolute atomic E-state index is 14.4. The standard InChI is InChI=1S/C37H45N7O4S/c1-24(2)17-28-23-48-33-19-31(34-25(3)9-7-10-26(34)4)40-36(41-33)42-49(46,47)30-12-8-11-27(18-30)35(45)44(28)22-32-38-20-29(21-39-32)43-15-13-37(5,6)14-16-43/h7-12,18-21,24,28H,13-17,22-23H2,1-6H3,(H,40,41,42)/t28-/m1/s1. The molecule has 4 bridgehead atoms. The first-order valence-electron chi connectivity index (χ1n) is 16.9. The summed E-state index contributed by atoms with van der Waals surface area (Å²) in [7, 11) is -4.16. The minimum absolute atomic E-state index is 0.0770. The third kappa shape index (κ3) is 7.85. The number of benzene rings is 2. The highest BCUT2D eigenvalue weighted by Crippen LogP contribution is 2.33. The van der Waals surface area contributed by atoms with Crippen LogP contribution in [0.3, 0.4) is 0 Å². The molecule has 11 nitrogen and oxygen atoms in total. The van der Waals surface area contributed by atoms with Gasteiger partial charge in [0.2, 0.25) is 11.8 Å². The highest BCUT2D eigenvalue weighted by atomic mass is 32.2. The van der Waals surface area contributed by atoms with E-state index >= 15 is 0 Å². The number of nitrogens with zero attached hydrogens (tertiary/aromatic N) is 6. The molecule has 0 spiro atoms. The Morgan fingerprint density at radius 1 is 0.980 bits per heavy atom. The van der Waals surface area contributed by atoms with Crippen LogP contribution in [-0.2, 0) is 16.6 Å². The lowest BCUT2D eigenvalue weighted by atomic mass is 9.82. The second-order valence-electron chi connectivity index (χ2n) is 14.4. The molecule has 1 saturated heterocycles. The van der Waals surface area contributed by atoms with Crippen molar-refractivity contribution in [1.82, 2.24) is 24.8 Å². The Kier molecular flexibility index (Phi) is 9.61. The number of fused-ring (bicyclic) bond motifs is 4. The average molecular weight is 684 g/mol. The number of hydrogen-bond donors (Lipinski definition) is 1. The third-order valence-corrected chi connectivity index (χ3v) is 10.7. The summed E-state index contributed by atoms with van der Waals surface area (Å²) in [5.74, 6) is 0.438. The van der Waals surface area contributed by atoms with Gasteiger partial charge in [0.05, 0.1) is 41.3 Å². The summed E-state index contributed by atoms with van der Waals surface area (Å²) in [6.07, 6.45) is 6.47. The number of rotatable bonds is 6. The summed E-state index contributed by atoms with van der Waals surface area (Å²) >= 11 is 0. The third-order valence-electron chi connectivity index (χ3n) is 9.41. The molecule has 0 aliphatic carbocycles. The van der Waals surface area contributed by atoms with Crippen molar-refractivity contribution in [1.29, 1.82) is 0 Å². The van der Waals surface area contributed by atoms with E-state index in [1.807, 2.05) is 44.4 Å². The number of anilines is 2. The van der Waals surface area contributed by atoms with Crippen LogP contribution in [0.5, 0.6) is 5.88 Å². The van der Waals surface area contributed by atoms with Crippen LogP contribution >= 0.6 is 0 Å². The van der Waals surface area contributed by atoms with Gasteiger partial charge in [0.25, 0.3) is 15.9 Å². The molecule has 1 N–H and O–H groups in total. The lowest BCUT2D eigenvalue weighted by molar-refractivity contribution is 0.0545. The Morgan fingerprint density at radius 2 is 1.65 bits per heavy atom. The van der Waals surface area contributed by atoms with Gasteiger partial charge >= 0.3 is 0 Å². The largest absolute Gasteiger partial charge is 0.475 e. The first-order chi connectivity index (χ1) is 23.3. The fourth-order valence-electron chi connectivity index (χ4n) is 6.53. The van der Waals surface area contributed by atoms with Crippen molar-refractivity contribution in [2.75, 3.05) is 29.3 Å². The minimum atomic E-state index is -4.16. The molecule has 0 saturated carbocycles. The monoisotopic (exact) mass is 683 g/mol. The van der Waals surface area contributed by atoms with Gasteiger partial charge in [0.15, 0.2) is 0 Å². The molecule has 2 aromatic carbocycles. The summed E-state index contributed by atoms with van der Waals surface area (Å²) in [5.41, 5.74) is 4.87. The van der Waals surface area contributed by atoms with Crippen LogP contribution < -0.4 is 14.4 Å². The summed E-state index contributed by atoms with van der Waals surface area (Å²) < 4.78 is 36.2. The maximum atomic E-state index is 14.4. The van der Waals surface area contributed by atoms with Crippen molar-refractivity contribution >= 4 is 27.6 Å². The second kappa shape index (κ2) is 13.7. The molecular formula is C37H45N7O4S. The lowest BCUT2D eigenvalue weighted by Gasteiger charge is -2.38. The van der Waals surface area contributed by atoms with Gasteiger partial charge in [0.1, 0.15) is 12.4 Å². The van der Waals surface area contributed by atoms with Crippen molar-refractivity contribution in [3.8, 4) is 17.1 Å². The highest BCUT2D eigenvalue weighted by molar-refractivity contribution is 7.92. The number of carbonyl (C=O) groups excluding carboxylic acids is 1. The second-order valence-corrected chi connectivity index (χ2v) is 16.0. The van der Waals surface area contributed by atoms with E-state index in [2.05, 4.69) is 47.3 Å². The van der Waals surface area contributed by atoms with Gasteiger partial charge in [-0.25, -0.2) is 28.1 Å². The number of aromatic nitrogens is 4. The topological polar surface area (TPSA) is 131 Å². The Morgan fingerprint density at radius 3 is 2.33 bits per heavy atom. The molecular weight excluding hydrogens is 639 g/mol. The zero-order chi connectivity index (χ0) is 34.9. The van der Waals surface area contributed by atoms with Gasteiger partial charge in [-0.15, -0.1) is 0 Å². The first-order valence-corrected chi connectivity index (χ1v) is 18.3. The number of amides is 1. The Bertz CT molecular complexity index is 1920. The van der Waals surface area contributed by atoms with Crippen LogP contribution in [0, 0.1) is 25.2 Å². The number of aryl methyl sites for hydroxylation is 2. The molecule has 12 heteroatoms. The van der Waals surface area contributed by atoms with Crippen molar-refractivity contribution in [3.63, 3.8) is 0 Å². The van der Waals surface area contributed by atoms with E-state index in [9.17, 15) is 13.2 Å². The van der Waals surface area contributed by atoms with Gasteiger partial charge < -0.3 is 14.5 Å². The normalized spacial score (nSPS) is 18.9. The lowest BCUT2D eigenvalue weighted by Crippen LogP contribution is -2.44. The predicted octanol–water partition coefficient (Wildman–Crippen LogP) is 6.43. The molecule has 6 rings (SSSR count). The molecule has 0 unspecified atom stereocenters. The zero-order valence-corrected chi connectivity index (χ0v) is 29.9. The van der Waals surface area contributed by atoms with E-state index in [-0.39, 0.29) is 47.3 Å². The summed E-state index contributed by atoms with van der Waals surface area (Å²) in [4.78, 5) is 36.8. The van der Waals surface area contributed by atoms with E-state index in [1.54, 1.807) is 23.1 Å². The van der Waals surface area contributed by atoms with Crippen LogP contribution in [0.4, 0.5) is 11.6 Å². The van der Waals surface area contributed by atoms with E-state index in [0.717, 1.165) is 48.3 Å². The zero-order valence-electron chi connectivity index (χ0n) is 29.1. The summed E-state index contributed by atoms with van der Waals surface area (Å²) in [6.45, 7) is 14.8. The average Bonchev–Trinajstić information content (AvgIpc) is 3.05. The number of nitrogens with one attached hydrogen (secondary N) is 1. The van der Waals surface area contributed by atoms with E-state index in [4.69, 9.17) is 14.7 Å². The first kappa shape index (κ1) is 34.3.